The van der Waals surface area contributed by atoms with Crippen molar-refractivity contribution in [2.24, 2.45) is 0 Å². The Morgan fingerprint density at radius 3 is 2.74 bits per heavy atom. The SMILES string of the molecule is Nc1ccc(Br)cc1-c1nc2cc(Cl)cc(Cl)c2o1. The van der Waals surface area contributed by atoms with E-state index < -0.39 is 0 Å². The smallest absolute Gasteiger partial charge is 0.229 e. The van der Waals surface area contributed by atoms with Gasteiger partial charge in [-0.2, -0.15) is 0 Å². The van der Waals surface area contributed by atoms with Crippen LogP contribution in [0.2, 0.25) is 10.0 Å². The Kier molecular flexibility index (Phi) is 3.17. The lowest BCUT2D eigenvalue weighted by atomic mass is 10.2. The number of nitrogens with two attached hydrogens (primary N) is 1. The molecule has 1 heterocycles. The van der Waals surface area contributed by atoms with Crippen molar-refractivity contribution in [3.8, 4) is 11.5 Å². The minimum atomic E-state index is 0.415. The summed E-state index contributed by atoms with van der Waals surface area (Å²) in [4.78, 5) is 4.37. The Bertz CT molecular complexity index is 786. The maximum atomic E-state index is 6.08. The third kappa shape index (κ3) is 2.31. The van der Waals surface area contributed by atoms with Crippen LogP contribution in [0.15, 0.2) is 39.2 Å². The molecule has 2 aromatic carbocycles. The van der Waals surface area contributed by atoms with Gasteiger partial charge in [0.15, 0.2) is 5.58 Å². The van der Waals surface area contributed by atoms with E-state index in [1.807, 2.05) is 12.1 Å². The van der Waals surface area contributed by atoms with Crippen LogP contribution in [0.1, 0.15) is 0 Å². The van der Waals surface area contributed by atoms with Gasteiger partial charge in [0.25, 0.3) is 0 Å². The van der Waals surface area contributed by atoms with Crippen molar-refractivity contribution in [2.75, 3.05) is 5.73 Å². The number of fused-ring (bicyclic) bond motifs is 1. The molecule has 6 heteroatoms. The van der Waals surface area contributed by atoms with Gasteiger partial charge < -0.3 is 10.2 Å². The van der Waals surface area contributed by atoms with Crippen molar-refractivity contribution in [1.29, 1.82) is 0 Å². The topological polar surface area (TPSA) is 52.0 Å². The lowest BCUT2D eigenvalue weighted by Crippen LogP contribution is -1.89. The van der Waals surface area contributed by atoms with Crippen LogP contribution in [-0.4, -0.2) is 4.98 Å². The molecule has 0 atom stereocenters. The molecule has 3 aromatic rings. The van der Waals surface area contributed by atoms with Crippen molar-refractivity contribution < 1.29 is 4.42 Å². The first kappa shape index (κ1) is 12.8. The molecule has 0 aliphatic rings. The van der Waals surface area contributed by atoms with Crippen molar-refractivity contribution in [3.05, 3.63) is 44.8 Å². The molecule has 0 unspecified atom stereocenters. The van der Waals surface area contributed by atoms with Gasteiger partial charge in [-0.15, -0.1) is 0 Å². The third-order valence-electron chi connectivity index (χ3n) is 2.66. The van der Waals surface area contributed by atoms with E-state index in [1.54, 1.807) is 18.2 Å². The Balaban J connectivity index is 2.26. The molecule has 3 nitrogen and oxygen atoms in total. The maximum absolute atomic E-state index is 6.08. The zero-order valence-electron chi connectivity index (χ0n) is 9.45. The maximum Gasteiger partial charge on any atom is 0.229 e. The van der Waals surface area contributed by atoms with E-state index >= 15 is 0 Å². The van der Waals surface area contributed by atoms with E-state index in [0.717, 1.165) is 4.47 Å². The van der Waals surface area contributed by atoms with Gasteiger partial charge in [0, 0.05) is 15.2 Å². The molecular weight excluding hydrogens is 351 g/mol. The van der Waals surface area contributed by atoms with Crippen LogP contribution < -0.4 is 5.73 Å². The number of hydrogen-bond donors (Lipinski definition) is 1. The summed E-state index contributed by atoms with van der Waals surface area (Å²) in [5.41, 5.74) is 8.32. The summed E-state index contributed by atoms with van der Waals surface area (Å²) in [5.74, 6) is 0.415. The van der Waals surface area contributed by atoms with Crippen LogP contribution in [0.25, 0.3) is 22.6 Å². The van der Waals surface area contributed by atoms with Gasteiger partial charge in [0.2, 0.25) is 5.89 Å². The van der Waals surface area contributed by atoms with Gasteiger partial charge in [-0.05, 0) is 30.3 Å². The number of anilines is 1. The van der Waals surface area contributed by atoms with Gasteiger partial charge in [0.05, 0.1) is 10.6 Å². The number of oxazole rings is 1. The summed E-state index contributed by atoms with van der Waals surface area (Å²) < 4.78 is 6.56. The number of nitrogens with zero attached hydrogens (tertiary/aromatic N) is 1. The summed E-state index contributed by atoms with van der Waals surface area (Å²) in [7, 11) is 0. The zero-order chi connectivity index (χ0) is 13.6. The fourth-order valence-corrected chi connectivity index (χ4v) is 2.67. The molecule has 96 valence electrons. The van der Waals surface area contributed by atoms with E-state index in [0.29, 0.717) is 38.3 Å². The normalized spacial score (nSPS) is 11.1. The highest BCUT2D eigenvalue weighted by Crippen LogP contribution is 2.34. The van der Waals surface area contributed by atoms with Gasteiger partial charge in [-0.25, -0.2) is 4.98 Å². The minimum Gasteiger partial charge on any atom is -0.434 e. The third-order valence-corrected chi connectivity index (χ3v) is 3.65. The van der Waals surface area contributed by atoms with E-state index in [2.05, 4.69) is 20.9 Å². The summed E-state index contributed by atoms with van der Waals surface area (Å²) >= 11 is 15.4. The van der Waals surface area contributed by atoms with E-state index in [9.17, 15) is 0 Å². The van der Waals surface area contributed by atoms with Crippen molar-refractivity contribution in [1.82, 2.24) is 4.98 Å². The molecule has 0 amide bonds. The Labute approximate surface area is 127 Å². The molecule has 0 aliphatic carbocycles. The largest absolute Gasteiger partial charge is 0.434 e. The van der Waals surface area contributed by atoms with Gasteiger partial charge in [-0.3, -0.25) is 0 Å². The van der Waals surface area contributed by atoms with E-state index in [-0.39, 0.29) is 0 Å². The molecule has 0 saturated carbocycles. The number of benzene rings is 2. The van der Waals surface area contributed by atoms with Crippen LogP contribution in [0.3, 0.4) is 0 Å². The summed E-state index contributed by atoms with van der Waals surface area (Å²) in [5, 5.41) is 0.939. The fourth-order valence-electron chi connectivity index (χ4n) is 1.79. The van der Waals surface area contributed by atoms with Crippen LogP contribution in [0, 0.1) is 0 Å². The molecule has 0 radical (unpaired) electrons. The Morgan fingerprint density at radius 2 is 1.95 bits per heavy atom. The molecule has 0 fully saturated rings. The highest BCUT2D eigenvalue weighted by atomic mass is 79.9. The summed E-state index contributed by atoms with van der Waals surface area (Å²) in [6.45, 7) is 0. The predicted octanol–water partition coefficient (Wildman–Crippen LogP) is 5.15. The zero-order valence-corrected chi connectivity index (χ0v) is 12.6. The van der Waals surface area contributed by atoms with Crippen LogP contribution in [0.4, 0.5) is 5.69 Å². The van der Waals surface area contributed by atoms with Gasteiger partial charge in [0.1, 0.15) is 5.52 Å². The number of aromatic nitrogens is 1. The highest BCUT2D eigenvalue weighted by Gasteiger charge is 2.14. The number of nitrogen functional groups attached to an aromatic ring is 1. The first-order valence-corrected chi connectivity index (χ1v) is 6.90. The standard InChI is InChI=1S/C13H7BrCl2N2O/c14-6-1-2-10(17)8(3-6)13-18-11-5-7(15)4-9(16)12(11)19-13/h1-5H,17H2. The second kappa shape index (κ2) is 4.71. The Hall–Kier alpha value is -1.23. The predicted molar refractivity (Wildman–Crippen MR) is 81.6 cm³/mol. The average molecular weight is 358 g/mol. The molecule has 1 aromatic heterocycles. The molecule has 3 rings (SSSR count). The fraction of sp³-hybridized carbons (Fsp3) is 0. The van der Waals surface area contributed by atoms with Crippen LogP contribution in [-0.2, 0) is 0 Å². The Morgan fingerprint density at radius 1 is 1.16 bits per heavy atom. The van der Waals surface area contributed by atoms with Crippen molar-refractivity contribution in [3.63, 3.8) is 0 Å². The average Bonchev–Trinajstić information content (AvgIpc) is 2.76. The van der Waals surface area contributed by atoms with Gasteiger partial charge >= 0.3 is 0 Å². The molecule has 0 saturated heterocycles. The number of halogens is 3. The highest BCUT2D eigenvalue weighted by molar-refractivity contribution is 9.10. The quantitative estimate of drug-likeness (QED) is 0.613. The first-order chi connectivity index (χ1) is 9.04. The van der Waals surface area contributed by atoms with E-state index in [1.165, 1.54) is 0 Å². The van der Waals surface area contributed by atoms with Gasteiger partial charge in [-0.1, -0.05) is 39.1 Å². The minimum absolute atomic E-state index is 0.415. The lowest BCUT2D eigenvalue weighted by molar-refractivity contribution is 0.620. The number of rotatable bonds is 1. The summed E-state index contributed by atoms with van der Waals surface area (Å²) in [6.07, 6.45) is 0. The second-order valence-electron chi connectivity index (χ2n) is 3.99. The van der Waals surface area contributed by atoms with Crippen molar-refractivity contribution >= 4 is 55.9 Å². The van der Waals surface area contributed by atoms with Crippen LogP contribution in [0.5, 0.6) is 0 Å². The molecule has 0 spiro atoms. The lowest BCUT2D eigenvalue weighted by Gasteiger charge is -2.01. The molecular formula is C13H7BrCl2N2O. The summed E-state index contributed by atoms with van der Waals surface area (Å²) in [6, 6.07) is 8.79. The molecule has 0 aliphatic heterocycles. The van der Waals surface area contributed by atoms with Crippen LogP contribution >= 0.6 is 39.1 Å². The monoisotopic (exact) mass is 356 g/mol. The number of hydrogen-bond acceptors (Lipinski definition) is 3. The van der Waals surface area contributed by atoms with E-state index in [4.69, 9.17) is 33.4 Å². The first-order valence-electron chi connectivity index (χ1n) is 5.35. The molecule has 0 bridgehead atoms. The molecule has 2 N–H and O–H groups in total. The molecule has 19 heavy (non-hydrogen) atoms. The second-order valence-corrected chi connectivity index (χ2v) is 5.75. The van der Waals surface area contributed by atoms with Crippen molar-refractivity contribution in [2.45, 2.75) is 0 Å².